The number of alkyl halides is 2. The summed E-state index contributed by atoms with van der Waals surface area (Å²) >= 11 is 13.6. The van der Waals surface area contributed by atoms with E-state index in [0.29, 0.717) is 41.1 Å². The maximum Gasteiger partial charge on any atom is 0.261 e. The van der Waals surface area contributed by atoms with Crippen LogP contribution in [0.2, 0.25) is 0 Å². The number of rotatable bonds is 10. The minimum absolute atomic E-state index is 0.0192. The third kappa shape index (κ3) is 5.68. The number of nitrogens with zero attached hydrogens (tertiary/aromatic N) is 4. The lowest BCUT2D eigenvalue weighted by molar-refractivity contribution is -0.125. The van der Waals surface area contributed by atoms with E-state index in [1.165, 1.54) is 0 Å². The van der Waals surface area contributed by atoms with Gasteiger partial charge in [-0.3, -0.25) is 33.8 Å². The Balaban J connectivity index is 1.19. The van der Waals surface area contributed by atoms with Crippen LogP contribution in [0.1, 0.15) is 41.4 Å². The van der Waals surface area contributed by atoms with Crippen molar-refractivity contribution in [1.29, 1.82) is 0 Å². The van der Waals surface area contributed by atoms with Crippen LogP contribution in [0.3, 0.4) is 0 Å². The molecule has 6 rings (SSSR count). The number of benzene rings is 3. The molecule has 0 aromatic heterocycles. The number of carbonyl (C=O) groups excluding carboxylic acids is 5. The number of fused-ring (bicyclic) bond motifs is 2. The first kappa shape index (κ1) is 29.8. The fourth-order valence-electron chi connectivity index (χ4n) is 5.72. The molecule has 12 heteroatoms. The lowest BCUT2D eigenvalue weighted by Gasteiger charge is -2.32. The molecule has 2 atom stereocenters. The molecule has 5 amide bonds. The van der Waals surface area contributed by atoms with E-state index >= 15 is 0 Å². The van der Waals surface area contributed by atoms with E-state index < -0.39 is 34.4 Å². The molecule has 1 fully saturated rings. The third-order valence-corrected chi connectivity index (χ3v) is 8.42. The SMILES string of the molecule is O=C1c2ccccc2C(=O)N1C[C@@H](Cl)CN(C[C@@H](Cl)CN1C(=O)c2ccccc2C1=O)c1ccc(N2CCOCC2=O)cc1. The van der Waals surface area contributed by atoms with Gasteiger partial charge in [0.2, 0.25) is 0 Å². The van der Waals surface area contributed by atoms with Crippen molar-refractivity contribution >= 4 is 64.1 Å². The Morgan fingerprint density at radius 2 is 1.09 bits per heavy atom. The first-order valence-electron chi connectivity index (χ1n) is 14.1. The molecule has 0 saturated carbocycles. The summed E-state index contributed by atoms with van der Waals surface area (Å²) in [6.45, 7) is 1.22. The predicted octanol–water partition coefficient (Wildman–Crippen LogP) is 3.66. The molecule has 0 N–H and O–H groups in total. The van der Waals surface area contributed by atoms with E-state index in [1.807, 2.05) is 29.2 Å². The zero-order valence-electron chi connectivity index (χ0n) is 23.5. The number of carbonyl (C=O) groups is 5. The van der Waals surface area contributed by atoms with Gasteiger partial charge in [0.15, 0.2) is 0 Å². The van der Waals surface area contributed by atoms with E-state index in [9.17, 15) is 24.0 Å². The van der Waals surface area contributed by atoms with Crippen molar-refractivity contribution in [3.05, 3.63) is 95.1 Å². The molecule has 3 aliphatic rings. The number of ether oxygens (including phenoxy) is 1. The molecular formula is C32H28Cl2N4O6. The second-order valence-electron chi connectivity index (χ2n) is 10.7. The topological polar surface area (TPSA) is 108 Å². The largest absolute Gasteiger partial charge is 0.370 e. The summed E-state index contributed by atoms with van der Waals surface area (Å²) in [5.74, 6) is -1.73. The van der Waals surface area contributed by atoms with E-state index in [4.69, 9.17) is 27.9 Å². The van der Waals surface area contributed by atoms with E-state index in [2.05, 4.69) is 0 Å². The maximum atomic E-state index is 12.9. The van der Waals surface area contributed by atoms with Crippen molar-refractivity contribution in [3.8, 4) is 0 Å². The monoisotopic (exact) mass is 634 g/mol. The molecule has 0 radical (unpaired) electrons. The zero-order valence-corrected chi connectivity index (χ0v) is 25.0. The molecule has 0 unspecified atom stereocenters. The number of halogens is 2. The van der Waals surface area contributed by atoms with Gasteiger partial charge in [0.25, 0.3) is 29.5 Å². The minimum atomic E-state index is -0.680. The van der Waals surface area contributed by atoms with Gasteiger partial charge in [0, 0.05) is 44.1 Å². The average molecular weight is 636 g/mol. The number of amides is 5. The number of hydrogen-bond acceptors (Lipinski definition) is 7. The van der Waals surface area contributed by atoms with Crippen molar-refractivity contribution in [1.82, 2.24) is 9.80 Å². The number of imide groups is 2. The smallest absolute Gasteiger partial charge is 0.261 e. The summed E-state index contributed by atoms with van der Waals surface area (Å²) in [7, 11) is 0. The summed E-state index contributed by atoms with van der Waals surface area (Å²) in [5.41, 5.74) is 2.79. The molecule has 0 aliphatic carbocycles. The van der Waals surface area contributed by atoms with E-state index in [1.54, 1.807) is 53.4 Å². The summed E-state index contributed by atoms with van der Waals surface area (Å²) in [6.07, 6.45) is 0. The van der Waals surface area contributed by atoms with Gasteiger partial charge < -0.3 is 14.5 Å². The first-order chi connectivity index (χ1) is 21.2. The second kappa shape index (κ2) is 12.4. The Labute approximate surface area is 263 Å². The molecule has 3 aliphatic heterocycles. The summed E-state index contributed by atoms with van der Waals surface area (Å²) < 4.78 is 5.23. The maximum absolute atomic E-state index is 12.9. The zero-order chi connectivity index (χ0) is 31.0. The van der Waals surface area contributed by atoms with Crippen LogP contribution in [0.5, 0.6) is 0 Å². The van der Waals surface area contributed by atoms with Crippen LogP contribution in [0.25, 0.3) is 0 Å². The molecule has 10 nitrogen and oxygen atoms in total. The molecule has 1 saturated heterocycles. The van der Waals surface area contributed by atoms with Gasteiger partial charge in [0.1, 0.15) is 6.61 Å². The minimum Gasteiger partial charge on any atom is -0.370 e. The molecule has 0 spiro atoms. The summed E-state index contributed by atoms with van der Waals surface area (Å²) in [4.78, 5) is 69.9. The first-order valence-corrected chi connectivity index (χ1v) is 15.0. The molecule has 3 heterocycles. The van der Waals surface area contributed by atoms with Crippen LogP contribution in [-0.4, -0.2) is 96.0 Å². The molecule has 44 heavy (non-hydrogen) atoms. The Morgan fingerprint density at radius 3 is 1.50 bits per heavy atom. The molecule has 3 aromatic carbocycles. The van der Waals surface area contributed by atoms with Gasteiger partial charge in [-0.15, -0.1) is 23.2 Å². The fraction of sp³-hybridized carbons (Fsp3) is 0.281. The average Bonchev–Trinajstić information content (AvgIpc) is 3.41. The van der Waals surface area contributed by atoms with Gasteiger partial charge in [-0.25, -0.2) is 0 Å². The predicted molar refractivity (Wildman–Crippen MR) is 165 cm³/mol. The van der Waals surface area contributed by atoms with Crippen LogP contribution in [0.4, 0.5) is 11.4 Å². The highest BCUT2D eigenvalue weighted by molar-refractivity contribution is 6.25. The highest BCUT2D eigenvalue weighted by Gasteiger charge is 2.38. The highest BCUT2D eigenvalue weighted by atomic mass is 35.5. The number of morpholine rings is 1. The highest BCUT2D eigenvalue weighted by Crippen LogP contribution is 2.28. The molecule has 3 aromatic rings. The summed E-state index contributed by atoms with van der Waals surface area (Å²) in [6, 6.07) is 20.6. The van der Waals surface area contributed by atoms with Crippen molar-refractivity contribution in [2.75, 3.05) is 55.7 Å². The quantitative estimate of drug-likeness (QED) is 0.247. The fourth-order valence-corrected chi connectivity index (χ4v) is 6.33. The Bertz CT molecular complexity index is 1490. The van der Waals surface area contributed by atoms with Crippen LogP contribution in [0.15, 0.2) is 72.8 Å². The van der Waals surface area contributed by atoms with Crippen molar-refractivity contribution in [3.63, 3.8) is 0 Å². The standard InChI is InChI=1S/C32H28Cl2N4O6/c33-20(17-37-29(40)24-5-1-2-6-25(24)30(37)41)15-35(22-9-11-23(12-10-22)36-13-14-44-19-28(36)39)16-21(34)18-38-31(42)26-7-3-4-8-27(26)32(38)43/h1-12,20-21H,13-19H2/t20-,21+. The van der Waals surface area contributed by atoms with Gasteiger partial charge in [0.05, 0.1) is 39.6 Å². The Hall–Kier alpha value is -4.25. The van der Waals surface area contributed by atoms with Gasteiger partial charge >= 0.3 is 0 Å². The van der Waals surface area contributed by atoms with Crippen molar-refractivity contribution in [2.45, 2.75) is 10.8 Å². The molecule has 226 valence electrons. The molecule has 0 bridgehead atoms. The Morgan fingerprint density at radius 1 is 0.659 bits per heavy atom. The Kier molecular flexibility index (Phi) is 8.40. The third-order valence-electron chi connectivity index (χ3n) is 7.87. The van der Waals surface area contributed by atoms with Crippen LogP contribution < -0.4 is 9.80 Å². The number of hydrogen-bond donors (Lipinski definition) is 0. The summed E-state index contributed by atoms with van der Waals surface area (Å²) in [5, 5.41) is -1.36. The normalized spacial score (nSPS) is 17.7. The van der Waals surface area contributed by atoms with Crippen LogP contribution in [-0.2, 0) is 9.53 Å². The number of anilines is 2. The van der Waals surface area contributed by atoms with E-state index in [0.717, 1.165) is 15.5 Å². The lowest BCUT2D eigenvalue weighted by atomic mass is 10.1. The molecular weight excluding hydrogens is 607 g/mol. The van der Waals surface area contributed by atoms with Crippen LogP contribution >= 0.6 is 23.2 Å². The van der Waals surface area contributed by atoms with Gasteiger partial charge in [-0.05, 0) is 48.5 Å². The van der Waals surface area contributed by atoms with Crippen LogP contribution in [0, 0.1) is 0 Å². The lowest BCUT2D eigenvalue weighted by Crippen LogP contribution is -2.44. The van der Waals surface area contributed by atoms with Gasteiger partial charge in [-0.2, -0.15) is 0 Å². The second-order valence-corrected chi connectivity index (χ2v) is 12.0. The van der Waals surface area contributed by atoms with Crippen molar-refractivity contribution < 1.29 is 28.7 Å². The van der Waals surface area contributed by atoms with Gasteiger partial charge in [-0.1, -0.05) is 24.3 Å². The van der Waals surface area contributed by atoms with E-state index in [-0.39, 0.29) is 38.7 Å². The van der Waals surface area contributed by atoms with Crippen molar-refractivity contribution in [2.24, 2.45) is 0 Å².